The molecular weight excluding hydrogens is 294 g/mol. The molecule has 2 aromatic rings. The fourth-order valence-corrected chi connectivity index (χ4v) is 2.55. The minimum atomic E-state index is -3.64. The van der Waals surface area contributed by atoms with E-state index in [1.54, 1.807) is 6.20 Å². The maximum absolute atomic E-state index is 12.1. The standard InChI is InChI=1S/C12H17N5O3S/c1-10-5-14-11(6-13-10)7-16-21(19,20)12-8-15-17(9-12)3-2-4-18/h5-6,8-9,16,18H,2-4,7H2,1H3. The van der Waals surface area contributed by atoms with Crippen molar-refractivity contribution in [2.75, 3.05) is 6.61 Å². The predicted octanol–water partition coefficient (Wildman–Crippen LogP) is -0.158. The highest BCUT2D eigenvalue weighted by atomic mass is 32.2. The molecule has 0 saturated heterocycles. The third kappa shape index (κ3) is 4.31. The summed E-state index contributed by atoms with van der Waals surface area (Å²) >= 11 is 0. The first-order valence-corrected chi connectivity index (χ1v) is 7.90. The molecule has 9 heteroatoms. The van der Waals surface area contributed by atoms with E-state index in [1.807, 2.05) is 6.92 Å². The van der Waals surface area contributed by atoms with Crippen molar-refractivity contribution >= 4 is 10.0 Å². The van der Waals surface area contributed by atoms with Crippen LogP contribution in [0, 0.1) is 6.92 Å². The smallest absolute Gasteiger partial charge is 0.244 e. The number of hydrogen-bond donors (Lipinski definition) is 2. The zero-order chi connectivity index (χ0) is 15.3. The lowest BCUT2D eigenvalue weighted by atomic mass is 10.4. The molecule has 2 heterocycles. The number of aromatic nitrogens is 4. The lowest BCUT2D eigenvalue weighted by Crippen LogP contribution is -2.23. The van der Waals surface area contributed by atoms with E-state index in [1.165, 1.54) is 23.3 Å². The minimum Gasteiger partial charge on any atom is -0.396 e. The number of aliphatic hydroxyl groups excluding tert-OH is 1. The SMILES string of the molecule is Cc1cnc(CNS(=O)(=O)c2cnn(CCCO)c2)cn1. The van der Waals surface area contributed by atoms with Gasteiger partial charge in [0.15, 0.2) is 0 Å². The molecule has 0 atom stereocenters. The molecule has 0 amide bonds. The molecule has 2 N–H and O–H groups in total. The van der Waals surface area contributed by atoms with Gasteiger partial charge in [0, 0.05) is 25.5 Å². The van der Waals surface area contributed by atoms with Crippen molar-refractivity contribution in [3.63, 3.8) is 0 Å². The molecule has 114 valence electrons. The van der Waals surface area contributed by atoms with Crippen LogP contribution < -0.4 is 4.72 Å². The third-order valence-electron chi connectivity index (χ3n) is 2.74. The van der Waals surface area contributed by atoms with Gasteiger partial charge in [-0.05, 0) is 13.3 Å². The minimum absolute atomic E-state index is 0.0340. The number of aliphatic hydroxyl groups is 1. The Bertz CT molecular complexity index is 681. The van der Waals surface area contributed by atoms with Crippen molar-refractivity contribution in [1.29, 1.82) is 0 Å². The first kappa shape index (κ1) is 15.5. The van der Waals surface area contributed by atoms with E-state index in [9.17, 15) is 8.42 Å². The van der Waals surface area contributed by atoms with E-state index in [-0.39, 0.29) is 18.0 Å². The van der Waals surface area contributed by atoms with Crippen molar-refractivity contribution in [2.24, 2.45) is 0 Å². The van der Waals surface area contributed by atoms with Crippen LogP contribution in [0.1, 0.15) is 17.8 Å². The van der Waals surface area contributed by atoms with Crippen LogP contribution in [0.25, 0.3) is 0 Å². The first-order valence-electron chi connectivity index (χ1n) is 6.42. The Morgan fingerprint density at radius 1 is 1.29 bits per heavy atom. The normalized spacial score (nSPS) is 11.7. The molecule has 2 rings (SSSR count). The first-order chi connectivity index (χ1) is 10.0. The highest BCUT2D eigenvalue weighted by Crippen LogP contribution is 2.08. The van der Waals surface area contributed by atoms with Crippen LogP contribution in [0.5, 0.6) is 0 Å². The van der Waals surface area contributed by atoms with Crippen molar-refractivity contribution in [1.82, 2.24) is 24.5 Å². The maximum Gasteiger partial charge on any atom is 0.244 e. The second-order valence-corrected chi connectivity index (χ2v) is 6.26. The highest BCUT2D eigenvalue weighted by Gasteiger charge is 2.16. The number of aryl methyl sites for hydroxylation is 2. The van der Waals surface area contributed by atoms with Crippen molar-refractivity contribution in [3.8, 4) is 0 Å². The molecule has 2 aromatic heterocycles. The molecule has 0 aromatic carbocycles. The fraction of sp³-hybridized carbons (Fsp3) is 0.417. The van der Waals surface area contributed by atoms with Gasteiger partial charge in [-0.3, -0.25) is 14.6 Å². The van der Waals surface area contributed by atoms with Crippen LogP contribution in [0.15, 0.2) is 29.7 Å². The summed E-state index contributed by atoms with van der Waals surface area (Å²) in [6.07, 6.45) is 6.34. The highest BCUT2D eigenvalue weighted by molar-refractivity contribution is 7.89. The van der Waals surface area contributed by atoms with E-state index in [0.717, 1.165) is 5.69 Å². The predicted molar refractivity (Wildman–Crippen MR) is 74.7 cm³/mol. The zero-order valence-corrected chi connectivity index (χ0v) is 12.4. The van der Waals surface area contributed by atoms with Gasteiger partial charge in [0.05, 0.1) is 30.3 Å². The van der Waals surface area contributed by atoms with Gasteiger partial charge in [-0.15, -0.1) is 0 Å². The molecule has 8 nitrogen and oxygen atoms in total. The lowest BCUT2D eigenvalue weighted by molar-refractivity contribution is 0.277. The van der Waals surface area contributed by atoms with Crippen LogP contribution in [0.2, 0.25) is 0 Å². The van der Waals surface area contributed by atoms with Crippen LogP contribution >= 0.6 is 0 Å². The molecule has 0 radical (unpaired) electrons. The zero-order valence-electron chi connectivity index (χ0n) is 11.6. The van der Waals surface area contributed by atoms with Crippen molar-refractivity contribution in [2.45, 2.75) is 31.3 Å². The van der Waals surface area contributed by atoms with Crippen LogP contribution in [0.3, 0.4) is 0 Å². The summed E-state index contributed by atoms with van der Waals surface area (Å²) < 4.78 is 28.1. The number of rotatable bonds is 7. The monoisotopic (exact) mass is 311 g/mol. The van der Waals surface area contributed by atoms with Crippen LogP contribution in [0.4, 0.5) is 0 Å². The summed E-state index contributed by atoms with van der Waals surface area (Å²) in [5.41, 5.74) is 1.31. The molecule has 0 spiro atoms. The quantitative estimate of drug-likeness (QED) is 0.735. The maximum atomic E-state index is 12.1. The summed E-state index contributed by atoms with van der Waals surface area (Å²) in [5, 5.41) is 12.7. The molecule has 0 fully saturated rings. The third-order valence-corrected chi connectivity index (χ3v) is 4.10. The molecule has 0 bridgehead atoms. The number of nitrogens with one attached hydrogen (secondary N) is 1. The van der Waals surface area contributed by atoms with Gasteiger partial charge < -0.3 is 5.11 Å². The lowest BCUT2D eigenvalue weighted by Gasteiger charge is -2.04. The van der Waals surface area contributed by atoms with Gasteiger partial charge >= 0.3 is 0 Å². The van der Waals surface area contributed by atoms with E-state index in [2.05, 4.69) is 19.8 Å². The van der Waals surface area contributed by atoms with Crippen LogP contribution in [-0.4, -0.2) is 39.9 Å². The van der Waals surface area contributed by atoms with E-state index in [4.69, 9.17) is 5.11 Å². The Morgan fingerprint density at radius 2 is 2.10 bits per heavy atom. The van der Waals surface area contributed by atoms with Gasteiger partial charge in [0.1, 0.15) is 4.90 Å². The Balaban J connectivity index is 2.00. The van der Waals surface area contributed by atoms with Gasteiger partial charge in [-0.25, -0.2) is 13.1 Å². The fourth-order valence-electron chi connectivity index (χ4n) is 1.60. The molecular formula is C12H17N5O3S. The van der Waals surface area contributed by atoms with Gasteiger partial charge in [-0.2, -0.15) is 5.10 Å². The summed E-state index contributed by atoms with van der Waals surface area (Å²) in [4.78, 5) is 8.22. The van der Waals surface area contributed by atoms with Gasteiger partial charge in [0.2, 0.25) is 10.0 Å². The van der Waals surface area contributed by atoms with E-state index in [0.29, 0.717) is 18.7 Å². The molecule has 0 aliphatic heterocycles. The summed E-state index contributed by atoms with van der Waals surface area (Å²) in [6, 6.07) is 0. The Labute approximate surface area is 122 Å². The Kier molecular flexibility index (Phi) is 4.99. The molecule has 0 aliphatic rings. The molecule has 0 aliphatic carbocycles. The Morgan fingerprint density at radius 3 is 2.76 bits per heavy atom. The van der Waals surface area contributed by atoms with Gasteiger partial charge in [0.25, 0.3) is 0 Å². The summed E-state index contributed by atoms with van der Waals surface area (Å²) in [5.74, 6) is 0. The topological polar surface area (TPSA) is 110 Å². The van der Waals surface area contributed by atoms with Crippen molar-refractivity contribution < 1.29 is 13.5 Å². The number of sulfonamides is 1. The average Bonchev–Trinajstić information content (AvgIpc) is 2.94. The molecule has 0 unspecified atom stereocenters. The van der Waals surface area contributed by atoms with Crippen LogP contribution in [-0.2, 0) is 23.1 Å². The molecule has 21 heavy (non-hydrogen) atoms. The molecule has 0 saturated carbocycles. The van der Waals surface area contributed by atoms with Gasteiger partial charge in [-0.1, -0.05) is 0 Å². The van der Waals surface area contributed by atoms with E-state index >= 15 is 0 Å². The second-order valence-electron chi connectivity index (χ2n) is 4.49. The van der Waals surface area contributed by atoms with E-state index < -0.39 is 10.0 Å². The largest absolute Gasteiger partial charge is 0.396 e. The Hall–Kier alpha value is -1.84. The number of hydrogen-bond acceptors (Lipinski definition) is 6. The summed E-state index contributed by atoms with van der Waals surface area (Å²) in [7, 11) is -3.64. The number of nitrogens with zero attached hydrogens (tertiary/aromatic N) is 4. The van der Waals surface area contributed by atoms with Crippen molar-refractivity contribution in [3.05, 3.63) is 36.2 Å². The second kappa shape index (κ2) is 6.74. The average molecular weight is 311 g/mol. The summed E-state index contributed by atoms with van der Waals surface area (Å²) in [6.45, 7) is 2.38.